The van der Waals surface area contributed by atoms with E-state index in [0.29, 0.717) is 11.8 Å². The largest absolute Gasteiger partial charge is 0.497 e. The Labute approximate surface area is 142 Å². The summed E-state index contributed by atoms with van der Waals surface area (Å²) in [5.41, 5.74) is 1.85. The van der Waals surface area contributed by atoms with Gasteiger partial charge in [-0.2, -0.15) is 0 Å². The first-order valence-electron chi connectivity index (χ1n) is 8.68. The van der Waals surface area contributed by atoms with Crippen molar-refractivity contribution in [3.05, 3.63) is 48.7 Å². The highest BCUT2D eigenvalue weighted by Gasteiger charge is 2.42. The number of fused-ring (bicyclic) bond motifs is 4. The fourth-order valence-electron chi connectivity index (χ4n) is 4.44. The van der Waals surface area contributed by atoms with Gasteiger partial charge in [-0.15, -0.1) is 6.58 Å². The molecule has 5 atom stereocenters. The zero-order chi connectivity index (χ0) is 16.7. The molecule has 0 radical (unpaired) electrons. The van der Waals surface area contributed by atoms with E-state index in [1.807, 2.05) is 24.3 Å². The quantitative estimate of drug-likeness (QED) is 0.878. The number of aliphatic hydroxyl groups is 1. The normalized spacial score (nSPS) is 30.2. The van der Waals surface area contributed by atoms with Crippen LogP contribution in [0.2, 0.25) is 0 Å². The number of hydrogen-bond donors (Lipinski definition) is 1. The van der Waals surface area contributed by atoms with Gasteiger partial charge in [0.05, 0.1) is 18.7 Å². The van der Waals surface area contributed by atoms with E-state index in [1.165, 1.54) is 6.42 Å². The van der Waals surface area contributed by atoms with Crippen molar-refractivity contribution in [1.29, 1.82) is 0 Å². The zero-order valence-electron chi connectivity index (χ0n) is 14.1. The average Bonchev–Trinajstić information content (AvgIpc) is 2.66. The lowest BCUT2D eigenvalue weighted by atomic mass is 9.73. The van der Waals surface area contributed by atoms with Crippen LogP contribution in [0.1, 0.15) is 24.5 Å². The van der Waals surface area contributed by atoms with Crippen LogP contribution < -0.4 is 4.74 Å². The SMILES string of the molecule is C=CC1CN2CC[C@H]1C[C@H]2[C@H](O)c1ccnc2ccc(OC)cc12. The topological polar surface area (TPSA) is 45.6 Å². The Balaban J connectivity index is 1.69. The number of hydrogen-bond acceptors (Lipinski definition) is 4. The fourth-order valence-corrected chi connectivity index (χ4v) is 4.44. The molecule has 0 amide bonds. The predicted molar refractivity (Wildman–Crippen MR) is 95.0 cm³/mol. The third-order valence-electron chi connectivity index (χ3n) is 5.82. The van der Waals surface area contributed by atoms with Gasteiger partial charge in [-0.1, -0.05) is 6.08 Å². The van der Waals surface area contributed by atoms with E-state index in [1.54, 1.807) is 13.3 Å². The Morgan fingerprint density at radius 3 is 3.00 bits per heavy atom. The Morgan fingerprint density at radius 2 is 2.29 bits per heavy atom. The molecule has 3 fully saturated rings. The molecule has 0 spiro atoms. The smallest absolute Gasteiger partial charge is 0.119 e. The van der Waals surface area contributed by atoms with E-state index < -0.39 is 6.10 Å². The first kappa shape index (κ1) is 15.6. The number of rotatable bonds is 4. The van der Waals surface area contributed by atoms with Gasteiger partial charge in [0.1, 0.15) is 5.75 Å². The number of nitrogens with zero attached hydrogens (tertiary/aromatic N) is 2. The Morgan fingerprint density at radius 1 is 1.42 bits per heavy atom. The number of benzene rings is 1. The molecular weight excluding hydrogens is 300 g/mol. The summed E-state index contributed by atoms with van der Waals surface area (Å²) in [7, 11) is 1.66. The molecule has 0 aliphatic carbocycles. The number of aromatic nitrogens is 1. The van der Waals surface area contributed by atoms with Gasteiger partial charge in [0.25, 0.3) is 0 Å². The number of piperidine rings is 3. The minimum atomic E-state index is -0.504. The summed E-state index contributed by atoms with van der Waals surface area (Å²) in [6.07, 6.45) is 5.62. The molecule has 3 aliphatic heterocycles. The lowest BCUT2D eigenvalue weighted by molar-refractivity contribution is -0.0444. The van der Waals surface area contributed by atoms with Crippen molar-refractivity contribution in [2.75, 3.05) is 20.2 Å². The van der Waals surface area contributed by atoms with E-state index >= 15 is 0 Å². The van der Waals surface area contributed by atoms with Gasteiger partial charge in [0.2, 0.25) is 0 Å². The van der Waals surface area contributed by atoms with Crippen LogP contribution in [0.4, 0.5) is 0 Å². The molecule has 5 rings (SSSR count). The van der Waals surface area contributed by atoms with Crippen molar-refractivity contribution < 1.29 is 9.84 Å². The lowest BCUT2D eigenvalue weighted by Crippen LogP contribution is -2.54. The molecule has 1 aromatic carbocycles. The molecule has 4 nitrogen and oxygen atoms in total. The molecule has 3 aliphatic rings. The minimum Gasteiger partial charge on any atom is -0.497 e. The first-order valence-corrected chi connectivity index (χ1v) is 8.68. The van der Waals surface area contributed by atoms with Crippen molar-refractivity contribution in [2.45, 2.75) is 25.0 Å². The number of methoxy groups -OCH3 is 1. The molecular formula is C20H24N2O2. The summed E-state index contributed by atoms with van der Waals surface area (Å²) in [4.78, 5) is 6.86. The third kappa shape index (κ3) is 2.50. The second kappa shape index (κ2) is 6.19. The standard InChI is InChI=1S/C20H24N2O2/c1-3-13-12-22-9-7-14(13)10-19(22)20(23)16-6-8-21-18-5-4-15(24-2)11-17(16)18/h3-6,8,11,13-14,19-20,23H,1,7,9-10,12H2,2H3/t13?,14-,19-,20+/m0/s1. The maximum absolute atomic E-state index is 11.2. The van der Waals surface area contributed by atoms with Crippen molar-refractivity contribution in [1.82, 2.24) is 9.88 Å². The van der Waals surface area contributed by atoms with Gasteiger partial charge >= 0.3 is 0 Å². The molecule has 1 aromatic heterocycles. The highest BCUT2D eigenvalue weighted by Crippen LogP contribution is 2.42. The maximum Gasteiger partial charge on any atom is 0.119 e. The predicted octanol–water partition coefficient (Wildman–Crippen LogP) is 3.17. The van der Waals surface area contributed by atoms with Crippen molar-refractivity contribution in [3.8, 4) is 5.75 Å². The fraction of sp³-hybridized carbons (Fsp3) is 0.450. The van der Waals surface area contributed by atoms with Crippen LogP contribution in [0.5, 0.6) is 5.75 Å². The van der Waals surface area contributed by atoms with Crippen LogP contribution >= 0.6 is 0 Å². The minimum absolute atomic E-state index is 0.178. The van der Waals surface area contributed by atoms with Gasteiger partial charge in [0, 0.05) is 24.2 Å². The second-order valence-electron chi connectivity index (χ2n) is 6.97. The Bertz CT molecular complexity index is 760. The van der Waals surface area contributed by atoms with Crippen LogP contribution in [0.15, 0.2) is 43.1 Å². The molecule has 24 heavy (non-hydrogen) atoms. The van der Waals surface area contributed by atoms with Gasteiger partial charge in [-0.05, 0) is 61.1 Å². The summed E-state index contributed by atoms with van der Waals surface area (Å²) in [5, 5.41) is 12.1. The van der Waals surface area contributed by atoms with E-state index in [2.05, 4.69) is 22.5 Å². The van der Waals surface area contributed by atoms with E-state index in [-0.39, 0.29) is 6.04 Å². The molecule has 0 saturated carbocycles. The van der Waals surface area contributed by atoms with Gasteiger partial charge < -0.3 is 9.84 Å². The third-order valence-corrected chi connectivity index (χ3v) is 5.82. The molecule has 2 unspecified atom stereocenters. The summed E-state index contributed by atoms with van der Waals surface area (Å²) < 4.78 is 5.35. The molecule has 4 heteroatoms. The van der Waals surface area contributed by atoms with E-state index in [9.17, 15) is 5.11 Å². The van der Waals surface area contributed by atoms with Gasteiger partial charge in [0.15, 0.2) is 0 Å². The zero-order valence-corrected chi connectivity index (χ0v) is 14.1. The Kier molecular flexibility index (Phi) is 4.02. The van der Waals surface area contributed by atoms with Crippen molar-refractivity contribution >= 4 is 10.9 Å². The first-order chi connectivity index (χ1) is 11.7. The van der Waals surface area contributed by atoms with Gasteiger partial charge in [-0.25, -0.2) is 0 Å². The van der Waals surface area contributed by atoms with Crippen LogP contribution in [0.25, 0.3) is 10.9 Å². The molecule has 2 bridgehead atoms. The van der Waals surface area contributed by atoms with Gasteiger partial charge in [-0.3, -0.25) is 9.88 Å². The highest BCUT2D eigenvalue weighted by molar-refractivity contribution is 5.83. The van der Waals surface area contributed by atoms with Crippen molar-refractivity contribution in [3.63, 3.8) is 0 Å². The molecule has 3 saturated heterocycles. The van der Waals surface area contributed by atoms with Crippen LogP contribution in [0.3, 0.4) is 0 Å². The van der Waals surface area contributed by atoms with Crippen LogP contribution in [0, 0.1) is 11.8 Å². The number of aliphatic hydroxyl groups excluding tert-OH is 1. The lowest BCUT2D eigenvalue weighted by Gasteiger charge is -2.50. The summed E-state index contributed by atoms with van der Waals surface area (Å²) in [6.45, 7) is 6.07. The highest BCUT2D eigenvalue weighted by atomic mass is 16.5. The second-order valence-corrected chi connectivity index (χ2v) is 6.97. The summed E-state index contributed by atoms with van der Waals surface area (Å²) in [5.74, 6) is 2.01. The number of ether oxygens (including phenoxy) is 1. The van der Waals surface area contributed by atoms with E-state index in [0.717, 1.165) is 41.7 Å². The monoisotopic (exact) mass is 324 g/mol. The van der Waals surface area contributed by atoms with Crippen molar-refractivity contribution in [2.24, 2.45) is 11.8 Å². The number of pyridine rings is 1. The molecule has 2 aromatic rings. The van der Waals surface area contributed by atoms with Crippen LogP contribution in [-0.4, -0.2) is 41.2 Å². The van der Waals surface area contributed by atoms with E-state index in [4.69, 9.17) is 4.74 Å². The van der Waals surface area contributed by atoms with Crippen LogP contribution in [-0.2, 0) is 0 Å². The Hall–Kier alpha value is -1.91. The maximum atomic E-state index is 11.2. The molecule has 1 N–H and O–H groups in total. The summed E-state index contributed by atoms with van der Waals surface area (Å²) in [6, 6.07) is 7.96. The molecule has 4 heterocycles. The average molecular weight is 324 g/mol. The summed E-state index contributed by atoms with van der Waals surface area (Å²) >= 11 is 0. The molecule has 126 valence electrons.